The molecule has 1 N–H and O–H groups in total. The van der Waals surface area contributed by atoms with Gasteiger partial charge in [0, 0.05) is 16.8 Å². The van der Waals surface area contributed by atoms with E-state index in [-0.39, 0.29) is 5.56 Å². The van der Waals surface area contributed by atoms with Crippen LogP contribution in [0.25, 0.3) is 0 Å². The molecule has 0 atom stereocenters. The number of halogens is 1. The second-order valence-corrected chi connectivity index (χ2v) is 4.49. The van der Waals surface area contributed by atoms with Crippen LogP contribution in [0.4, 0.5) is 10.1 Å². The Morgan fingerprint density at radius 3 is 2.94 bits per heavy atom. The van der Waals surface area contributed by atoms with Gasteiger partial charge < -0.3 is 5.32 Å². The molecule has 5 heteroatoms. The van der Waals surface area contributed by atoms with E-state index in [1.807, 2.05) is 12.3 Å². The van der Waals surface area contributed by atoms with Crippen molar-refractivity contribution < 1.29 is 4.39 Å². The Hall–Kier alpha value is -1.93. The van der Waals surface area contributed by atoms with Crippen LogP contribution in [0.1, 0.15) is 16.3 Å². The lowest BCUT2D eigenvalue weighted by molar-refractivity contribution is 0.624. The first-order chi connectivity index (χ1) is 8.19. The number of rotatable bonds is 3. The average molecular weight is 247 g/mol. The SMILES string of the molecule is Cc1csc(CNc2ccc(C#N)c(F)c2)n1. The largest absolute Gasteiger partial charge is 0.378 e. The molecule has 1 aromatic carbocycles. The number of hydrogen-bond donors (Lipinski definition) is 1. The van der Waals surface area contributed by atoms with Gasteiger partial charge in [-0.25, -0.2) is 9.37 Å². The van der Waals surface area contributed by atoms with Crippen molar-refractivity contribution in [2.75, 3.05) is 5.32 Å². The first kappa shape index (κ1) is 11.6. The number of thiazole rings is 1. The Morgan fingerprint density at radius 2 is 2.35 bits per heavy atom. The van der Waals surface area contributed by atoms with Gasteiger partial charge in [0.25, 0.3) is 0 Å². The quantitative estimate of drug-likeness (QED) is 0.906. The summed E-state index contributed by atoms with van der Waals surface area (Å²) >= 11 is 1.56. The summed E-state index contributed by atoms with van der Waals surface area (Å²) < 4.78 is 13.3. The number of aromatic nitrogens is 1. The van der Waals surface area contributed by atoms with E-state index >= 15 is 0 Å². The summed E-state index contributed by atoms with van der Waals surface area (Å²) in [6, 6.07) is 6.25. The third-order valence-corrected chi connectivity index (χ3v) is 3.17. The van der Waals surface area contributed by atoms with Crippen LogP contribution in [0.3, 0.4) is 0 Å². The Bertz CT molecular complexity index is 571. The fraction of sp³-hybridized carbons (Fsp3) is 0.167. The zero-order chi connectivity index (χ0) is 12.3. The first-order valence-electron chi connectivity index (χ1n) is 5.03. The van der Waals surface area contributed by atoms with Crippen LogP contribution in [0.5, 0.6) is 0 Å². The zero-order valence-electron chi connectivity index (χ0n) is 9.20. The predicted molar refractivity (Wildman–Crippen MR) is 65.3 cm³/mol. The number of hydrogen-bond acceptors (Lipinski definition) is 4. The van der Waals surface area contributed by atoms with Crippen molar-refractivity contribution in [2.24, 2.45) is 0 Å². The lowest BCUT2D eigenvalue weighted by Crippen LogP contribution is -1.99. The Morgan fingerprint density at radius 1 is 1.53 bits per heavy atom. The van der Waals surface area contributed by atoms with E-state index in [4.69, 9.17) is 5.26 Å². The highest BCUT2D eigenvalue weighted by atomic mass is 32.1. The number of nitrogens with one attached hydrogen (secondary N) is 1. The summed E-state index contributed by atoms with van der Waals surface area (Å²) in [7, 11) is 0. The van der Waals surface area contributed by atoms with Gasteiger partial charge in [-0.05, 0) is 25.1 Å². The number of aryl methyl sites for hydroxylation is 1. The van der Waals surface area contributed by atoms with Crippen LogP contribution in [0.2, 0.25) is 0 Å². The molecular weight excluding hydrogens is 237 g/mol. The highest BCUT2D eigenvalue weighted by Gasteiger charge is 2.03. The molecule has 17 heavy (non-hydrogen) atoms. The molecule has 86 valence electrons. The second-order valence-electron chi connectivity index (χ2n) is 3.54. The topological polar surface area (TPSA) is 48.7 Å². The molecule has 1 heterocycles. The smallest absolute Gasteiger partial charge is 0.143 e. The van der Waals surface area contributed by atoms with Crippen LogP contribution in [-0.4, -0.2) is 4.98 Å². The minimum absolute atomic E-state index is 0.0562. The van der Waals surface area contributed by atoms with Crippen LogP contribution >= 0.6 is 11.3 Å². The van der Waals surface area contributed by atoms with Crippen molar-refractivity contribution >= 4 is 17.0 Å². The van der Waals surface area contributed by atoms with E-state index in [2.05, 4.69) is 10.3 Å². The van der Waals surface area contributed by atoms with E-state index in [1.54, 1.807) is 23.5 Å². The molecule has 0 spiro atoms. The highest BCUT2D eigenvalue weighted by molar-refractivity contribution is 7.09. The van der Waals surface area contributed by atoms with Crippen molar-refractivity contribution in [3.05, 3.63) is 45.7 Å². The summed E-state index contributed by atoms with van der Waals surface area (Å²) in [5, 5.41) is 14.6. The molecule has 1 aromatic heterocycles. The van der Waals surface area contributed by atoms with Crippen molar-refractivity contribution in [3.8, 4) is 6.07 Å². The molecule has 0 aliphatic rings. The highest BCUT2D eigenvalue weighted by Crippen LogP contribution is 2.16. The average Bonchev–Trinajstić information content (AvgIpc) is 2.73. The minimum Gasteiger partial charge on any atom is -0.378 e. The zero-order valence-corrected chi connectivity index (χ0v) is 10.0. The van der Waals surface area contributed by atoms with Gasteiger partial charge in [0.1, 0.15) is 16.9 Å². The fourth-order valence-electron chi connectivity index (χ4n) is 1.38. The first-order valence-corrected chi connectivity index (χ1v) is 5.91. The van der Waals surface area contributed by atoms with Crippen molar-refractivity contribution in [1.29, 1.82) is 5.26 Å². The molecule has 2 aromatic rings. The Balaban J connectivity index is 2.05. The third kappa shape index (κ3) is 2.80. The molecule has 0 saturated heterocycles. The van der Waals surface area contributed by atoms with Gasteiger partial charge in [-0.15, -0.1) is 11.3 Å². The van der Waals surface area contributed by atoms with E-state index in [0.29, 0.717) is 12.2 Å². The Kier molecular flexibility index (Phi) is 3.35. The molecule has 0 unspecified atom stereocenters. The monoisotopic (exact) mass is 247 g/mol. The van der Waals surface area contributed by atoms with E-state index in [0.717, 1.165) is 10.7 Å². The van der Waals surface area contributed by atoms with Crippen LogP contribution < -0.4 is 5.32 Å². The van der Waals surface area contributed by atoms with Crippen molar-refractivity contribution in [2.45, 2.75) is 13.5 Å². The predicted octanol–water partition coefficient (Wildman–Crippen LogP) is 3.07. The van der Waals surface area contributed by atoms with Gasteiger partial charge in [0.15, 0.2) is 0 Å². The Labute approximate surface area is 103 Å². The summed E-state index contributed by atoms with van der Waals surface area (Å²) in [6.07, 6.45) is 0. The van der Waals surface area contributed by atoms with Gasteiger partial charge in [0.2, 0.25) is 0 Å². The number of nitrogens with zero attached hydrogens (tertiary/aromatic N) is 2. The van der Waals surface area contributed by atoms with E-state index < -0.39 is 5.82 Å². The number of anilines is 1. The summed E-state index contributed by atoms with van der Waals surface area (Å²) in [4.78, 5) is 4.29. The van der Waals surface area contributed by atoms with Crippen LogP contribution in [0, 0.1) is 24.1 Å². The molecule has 0 aliphatic carbocycles. The summed E-state index contributed by atoms with van der Waals surface area (Å²) in [6.45, 7) is 2.49. The second kappa shape index (κ2) is 4.93. The summed E-state index contributed by atoms with van der Waals surface area (Å²) in [5.41, 5.74) is 1.69. The third-order valence-electron chi connectivity index (χ3n) is 2.20. The number of benzene rings is 1. The molecule has 0 amide bonds. The molecule has 3 nitrogen and oxygen atoms in total. The molecule has 2 rings (SSSR count). The number of nitriles is 1. The molecule has 0 saturated carbocycles. The van der Waals surface area contributed by atoms with Crippen molar-refractivity contribution in [1.82, 2.24) is 4.98 Å². The summed E-state index contributed by atoms with van der Waals surface area (Å²) in [5.74, 6) is -0.507. The van der Waals surface area contributed by atoms with E-state index in [9.17, 15) is 4.39 Å². The molecule has 0 aliphatic heterocycles. The van der Waals surface area contributed by atoms with Gasteiger partial charge >= 0.3 is 0 Å². The van der Waals surface area contributed by atoms with Gasteiger partial charge in [-0.1, -0.05) is 0 Å². The van der Waals surface area contributed by atoms with Crippen LogP contribution in [-0.2, 0) is 6.54 Å². The maximum atomic E-state index is 13.3. The van der Waals surface area contributed by atoms with Gasteiger partial charge in [-0.2, -0.15) is 5.26 Å². The maximum absolute atomic E-state index is 13.3. The van der Waals surface area contributed by atoms with Gasteiger partial charge in [0.05, 0.1) is 12.1 Å². The standard InChI is InChI=1S/C12H10FN3S/c1-8-7-17-12(16-8)6-15-10-3-2-9(5-14)11(13)4-10/h2-4,7,15H,6H2,1H3. The van der Waals surface area contributed by atoms with Crippen molar-refractivity contribution in [3.63, 3.8) is 0 Å². The fourth-order valence-corrected chi connectivity index (χ4v) is 2.09. The maximum Gasteiger partial charge on any atom is 0.143 e. The normalized spacial score (nSPS) is 9.94. The molecule has 0 bridgehead atoms. The van der Waals surface area contributed by atoms with Gasteiger partial charge in [-0.3, -0.25) is 0 Å². The van der Waals surface area contributed by atoms with E-state index in [1.165, 1.54) is 12.1 Å². The van der Waals surface area contributed by atoms with Crippen LogP contribution in [0.15, 0.2) is 23.6 Å². The molecule has 0 radical (unpaired) electrons. The molecule has 0 fully saturated rings. The lowest BCUT2D eigenvalue weighted by Gasteiger charge is -2.04. The molecular formula is C12H10FN3S. The lowest BCUT2D eigenvalue weighted by atomic mass is 10.2. The minimum atomic E-state index is -0.507.